The predicted octanol–water partition coefficient (Wildman–Crippen LogP) is 2.86. The van der Waals surface area contributed by atoms with Gasteiger partial charge in [0.2, 0.25) is 0 Å². The van der Waals surface area contributed by atoms with E-state index in [2.05, 4.69) is 29.2 Å². The third-order valence-electron chi connectivity index (χ3n) is 2.88. The molecule has 0 aliphatic heterocycles. The molecule has 1 N–H and O–H groups in total. The predicted molar refractivity (Wildman–Crippen MR) is 77.1 cm³/mol. The van der Waals surface area contributed by atoms with Gasteiger partial charge < -0.3 is 5.32 Å². The minimum atomic E-state index is -0.397. The van der Waals surface area contributed by atoms with E-state index in [0.717, 1.165) is 12.4 Å². The highest BCUT2D eigenvalue weighted by molar-refractivity contribution is 6.30. The summed E-state index contributed by atoms with van der Waals surface area (Å²) in [6.45, 7) is 6.11. The number of aromatic nitrogens is 3. The molecular formula is C14H18ClFN4. The molecular weight excluding hydrogens is 279 g/mol. The van der Waals surface area contributed by atoms with Crippen LogP contribution in [0, 0.1) is 11.7 Å². The smallest absolute Gasteiger partial charge is 0.146 e. The summed E-state index contributed by atoms with van der Waals surface area (Å²) in [7, 11) is 0. The molecule has 0 aliphatic carbocycles. The lowest BCUT2D eigenvalue weighted by atomic mass is 10.2. The first-order valence-electron chi connectivity index (χ1n) is 6.58. The molecule has 0 saturated heterocycles. The summed E-state index contributed by atoms with van der Waals surface area (Å²) < 4.78 is 15.6. The molecule has 6 heteroatoms. The summed E-state index contributed by atoms with van der Waals surface area (Å²) in [4.78, 5) is 4.20. The third kappa shape index (κ3) is 3.77. The minimum absolute atomic E-state index is 0.127. The molecule has 4 nitrogen and oxygen atoms in total. The first kappa shape index (κ1) is 14.9. The van der Waals surface area contributed by atoms with Crippen molar-refractivity contribution in [2.45, 2.75) is 26.9 Å². The van der Waals surface area contributed by atoms with Crippen LogP contribution in [0.1, 0.15) is 25.2 Å². The second kappa shape index (κ2) is 6.81. The Morgan fingerprint density at radius 2 is 2.20 bits per heavy atom. The van der Waals surface area contributed by atoms with Crippen LogP contribution in [-0.2, 0) is 13.1 Å². The van der Waals surface area contributed by atoms with Crippen molar-refractivity contribution in [3.8, 4) is 0 Å². The zero-order chi connectivity index (χ0) is 14.5. The average Bonchev–Trinajstić information content (AvgIpc) is 2.82. The quantitative estimate of drug-likeness (QED) is 0.891. The van der Waals surface area contributed by atoms with E-state index in [1.165, 1.54) is 12.4 Å². The van der Waals surface area contributed by atoms with Crippen LogP contribution >= 0.6 is 11.6 Å². The van der Waals surface area contributed by atoms with E-state index < -0.39 is 5.82 Å². The lowest BCUT2D eigenvalue weighted by Gasteiger charge is -2.10. The molecule has 0 atom stereocenters. The molecule has 2 aromatic rings. The molecule has 0 aliphatic rings. The monoisotopic (exact) mass is 296 g/mol. The Balaban J connectivity index is 2.06. The fraction of sp³-hybridized carbons (Fsp3) is 0.429. The van der Waals surface area contributed by atoms with Gasteiger partial charge in [-0.15, -0.1) is 0 Å². The molecule has 1 aromatic heterocycles. The molecule has 1 aromatic carbocycles. The van der Waals surface area contributed by atoms with Gasteiger partial charge in [0.05, 0.1) is 18.1 Å². The van der Waals surface area contributed by atoms with E-state index in [0.29, 0.717) is 24.6 Å². The second-order valence-corrected chi connectivity index (χ2v) is 5.48. The standard InChI is InChI=1S/C14H18ClFN4/c1-10(2)6-17-7-13-18-9-19-20(13)8-11-4-3-5-12(15)14(11)16/h3-5,9-10,17H,6-8H2,1-2H3. The highest BCUT2D eigenvalue weighted by Gasteiger charge is 2.10. The zero-order valence-corrected chi connectivity index (χ0v) is 12.4. The number of hydrogen-bond donors (Lipinski definition) is 1. The van der Waals surface area contributed by atoms with Gasteiger partial charge in [-0.05, 0) is 18.5 Å². The largest absolute Gasteiger partial charge is 0.310 e. The van der Waals surface area contributed by atoms with E-state index in [4.69, 9.17) is 11.6 Å². The average molecular weight is 297 g/mol. The van der Waals surface area contributed by atoms with Crippen molar-refractivity contribution >= 4 is 11.6 Å². The highest BCUT2D eigenvalue weighted by atomic mass is 35.5. The topological polar surface area (TPSA) is 42.7 Å². The van der Waals surface area contributed by atoms with E-state index in [-0.39, 0.29) is 5.02 Å². The Bertz CT molecular complexity index is 568. The third-order valence-corrected chi connectivity index (χ3v) is 3.18. The lowest BCUT2D eigenvalue weighted by Crippen LogP contribution is -2.22. The maximum Gasteiger partial charge on any atom is 0.146 e. The van der Waals surface area contributed by atoms with E-state index in [1.54, 1.807) is 16.8 Å². The van der Waals surface area contributed by atoms with Gasteiger partial charge in [-0.2, -0.15) is 5.10 Å². The summed E-state index contributed by atoms with van der Waals surface area (Å²) in [5, 5.41) is 7.56. The molecule has 108 valence electrons. The number of halogens is 2. The van der Waals surface area contributed by atoms with Crippen molar-refractivity contribution in [2.75, 3.05) is 6.54 Å². The number of rotatable bonds is 6. The van der Waals surface area contributed by atoms with Crippen molar-refractivity contribution in [1.82, 2.24) is 20.1 Å². The molecule has 0 saturated carbocycles. The van der Waals surface area contributed by atoms with Crippen molar-refractivity contribution in [3.63, 3.8) is 0 Å². The Morgan fingerprint density at radius 3 is 2.95 bits per heavy atom. The summed E-state index contributed by atoms with van der Waals surface area (Å²) in [6.07, 6.45) is 1.48. The Hall–Kier alpha value is -1.46. The first-order chi connectivity index (χ1) is 9.58. The van der Waals surface area contributed by atoms with Crippen LogP contribution in [0.2, 0.25) is 5.02 Å². The highest BCUT2D eigenvalue weighted by Crippen LogP contribution is 2.18. The first-order valence-corrected chi connectivity index (χ1v) is 6.96. The van der Waals surface area contributed by atoms with E-state index in [1.807, 2.05) is 0 Å². The molecule has 1 heterocycles. The number of nitrogens with zero attached hydrogens (tertiary/aromatic N) is 3. The summed E-state index contributed by atoms with van der Waals surface area (Å²) >= 11 is 5.78. The van der Waals surface area contributed by atoms with Gasteiger partial charge in [-0.3, -0.25) is 0 Å². The van der Waals surface area contributed by atoms with Gasteiger partial charge in [-0.25, -0.2) is 14.1 Å². The lowest BCUT2D eigenvalue weighted by molar-refractivity contribution is 0.518. The molecule has 20 heavy (non-hydrogen) atoms. The molecule has 0 fully saturated rings. The van der Waals surface area contributed by atoms with Gasteiger partial charge in [0.15, 0.2) is 0 Å². The summed E-state index contributed by atoms with van der Waals surface area (Å²) in [6, 6.07) is 4.97. The maximum atomic E-state index is 13.9. The van der Waals surface area contributed by atoms with Crippen molar-refractivity contribution in [3.05, 3.63) is 46.8 Å². The fourth-order valence-corrected chi connectivity index (χ4v) is 2.06. The van der Waals surface area contributed by atoms with Crippen LogP contribution in [-0.4, -0.2) is 21.3 Å². The van der Waals surface area contributed by atoms with Gasteiger partial charge in [0.25, 0.3) is 0 Å². The normalized spacial score (nSPS) is 11.2. The fourth-order valence-electron chi connectivity index (χ4n) is 1.86. The Morgan fingerprint density at radius 1 is 1.40 bits per heavy atom. The molecule has 0 spiro atoms. The molecule has 0 radical (unpaired) electrons. The number of hydrogen-bond acceptors (Lipinski definition) is 3. The van der Waals surface area contributed by atoms with E-state index in [9.17, 15) is 4.39 Å². The SMILES string of the molecule is CC(C)CNCc1ncnn1Cc1cccc(Cl)c1F. The number of nitrogens with one attached hydrogen (secondary N) is 1. The summed E-state index contributed by atoms with van der Waals surface area (Å²) in [5.74, 6) is 0.951. The van der Waals surface area contributed by atoms with Crippen LogP contribution in [0.4, 0.5) is 4.39 Å². The number of benzene rings is 1. The van der Waals surface area contributed by atoms with Crippen molar-refractivity contribution in [2.24, 2.45) is 5.92 Å². The Labute approximate surface area is 123 Å². The van der Waals surface area contributed by atoms with Crippen molar-refractivity contribution in [1.29, 1.82) is 0 Å². The van der Waals surface area contributed by atoms with Crippen molar-refractivity contribution < 1.29 is 4.39 Å². The summed E-state index contributed by atoms with van der Waals surface area (Å²) in [5.41, 5.74) is 0.508. The van der Waals surface area contributed by atoms with Gasteiger partial charge in [0, 0.05) is 5.56 Å². The van der Waals surface area contributed by atoms with Crippen LogP contribution in [0.5, 0.6) is 0 Å². The van der Waals surface area contributed by atoms with Crippen LogP contribution in [0.3, 0.4) is 0 Å². The van der Waals surface area contributed by atoms with Crippen LogP contribution in [0.25, 0.3) is 0 Å². The van der Waals surface area contributed by atoms with Gasteiger partial charge in [0.1, 0.15) is 18.0 Å². The van der Waals surface area contributed by atoms with Crippen LogP contribution in [0.15, 0.2) is 24.5 Å². The molecule has 0 amide bonds. The van der Waals surface area contributed by atoms with Gasteiger partial charge >= 0.3 is 0 Å². The maximum absolute atomic E-state index is 13.9. The van der Waals surface area contributed by atoms with Gasteiger partial charge in [-0.1, -0.05) is 37.6 Å². The minimum Gasteiger partial charge on any atom is -0.310 e. The molecule has 2 rings (SSSR count). The molecule has 0 unspecified atom stereocenters. The molecule has 0 bridgehead atoms. The zero-order valence-electron chi connectivity index (χ0n) is 11.6. The second-order valence-electron chi connectivity index (χ2n) is 5.07. The van der Waals surface area contributed by atoms with E-state index >= 15 is 0 Å². The Kier molecular flexibility index (Phi) is 5.09. The van der Waals surface area contributed by atoms with Crippen LogP contribution < -0.4 is 5.32 Å².